The minimum atomic E-state index is -1.06. The summed E-state index contributed by atoms with van der Waals surface area (Å²) in [5, 5.41) is 12.7. The van der Waals surface area contributed by atoms with Crippen molar-refractivity contribution in [2.75, 3.05) is 0 Å². The lowest BCUT2D eigenvalue weighted by Crippen LogP contribution is -2.24. The van der Waals surface area contributed by atoms with Crippen molar-refractivity contribution in [2.45, 2.75) is 19.5 Å². The zero-order chi connectivity index (χ0) is 10.0. The van der Waals surface area contributed by atoms with Crippen LogP contribution in [0.1, 0.15) is 18.7 Å². The predicted octanol–water partition coefficient (Wildman–Crippen LogP) is 0.750. The highest BCUT2D eigenvalue weighted by Crippen LogP contribution is 2.21. The predicted molar refractivity (Wildman–Crippen MR) is 50.2 cm³/mol. The van der Waals surface area contributed by atoms with Gasteiger partial charge in [-0.25, -0.2) is 0 Å². The van der Waals surface area contributed by atoms with Crippen LogP contribution in [0, 0.1) is 0 Å². The fourth-order valence-corrected chi connectivity index (χ4v) is 1.59. The Morgan fingerprint density at radius 3 is 3.00 bits per heavy atom. The smallest absolute Gasteiger partial charge is 0.326 e. The lowest BCUT2D eigenvalue weighted by atomic mass is 10.2. The van der Waals surface area contributed by atoms with Crippen LogP contribution in [0.25, 0.3) is 0 Å². The maximum Gasteiger partial charge on any atom is 0.326 e. The summed E-state index contributed by atoms with van der Waals surface area (Å²) < 4.78 is 2.19. The Morgan fingerprint density at radius 2 is 2.54 bits per heavy atom. The molecule has 0 amide bonds. The Bertz CT molecular complexity index is 324. The van der Waals surface area contributed by atoms with E-state index in [0.29, 0.717) is 16.7 Å². The van der Waals surface area contributed by atoms with Crippen LogP contribution >= 0.6 is 15.9 Å². The van der Waals surface area contributed by atoms with Gasteiger partial charge in [-0.05, 0) is 22.9 Å². The molecule has 0 aliphatic rings. The van der Waals surface area contributed by atoms with Crippen molar-refractivity contribution in [3.8, 4) is 0 Å². The van der Waals surface area contributed by atoms with E-state index in [4.69, 9.17) is 10.8 Å². The summed E-state index contributed by atoms with van der Waals surface area (Å²) in [6.07, 6.45) is 1.54. The molecule has 13 heavy (non-hydrogen) atoms. The first kappa shape index (κ1) is 10.2. The maximum atomic E-state index is 10.6. The summed E-state index contributed by atoms with van der Waals surface area (Å²) in [6, 6.07) is -1.03. The number of aryl methyl sites for hydroxylation is 1. The third-order valence-corrected chi connectivity index (χ3v) is 2.30. The summed E-state index contributed by atoms with van der Waals surface area (Å²) >= 11 is 3.20. The molecule has 0 fully saturated rings. The number of rotatable bonds is 3. The topological polar surface area (TPSA) is 81.1 Å². The number of hydrogen-bond acceptors (Lipinski definition) is 3. The van der Waals surface area contributed by atoms with Crippen LogP contribution < -0.4 is 5.73 Å². The van der Waals surface area contributed by atoms with E-state index in [-0.39, 0.29) is 0 Å². The second-order valence-corrected chi connectivity index (χ2v) is 3.36. The van der Waals surface area contributed by atoms with Crippen molar-refractivity contribution >= 4 is 21.9 Å². The van der Waals surface area contributed by atoms with Gasteiger partial charge in [0.2, 0.25) is 0 Å². The Balaban J connectivity index is 3.10. The highest BCUT2D eigenvalue weighted by Gasteiger charge is 2.21. The first-order chi connectivity index (χ1) is 6.07. The lowest BCUT2D eigenvalue weighted by Gasteiger charge is -2.09. The number of halogens is 1. The van der Waals surface area contributed by atoms with Crippen LogP contribution in [0.15, 0.2) is 10.7 Å². The van der Waals surface area contributed by atoms with E-state index in [1.54, 1.807) is 10.9 Å². The molecule has 0 radical (unpaired) electrons. The average Bonchev–Trinajstić information content (AvgIpc) is 2.45. The third-order valence-electron chi connectivity index (χ3n) is 1.69. The van der Waals surface area contributed by atoms with E-state index in [9.17, 15) is 4.79 Å². The van der Waals surface area contributed by atoms with E-state index in [0.717, 1.165) is 0 Å². The molecule has 1 heterocycles. The molecule has 1 aromatic rings. The molecule has 72 valence electrons. The van der Waals surface area contributed by atoms with Crippen LogP contribution in [0.2, 0.25) is 0 Å². The zero-order valence-electron chi connectivity index (χ0n) is 7.07. The molecule has 1 rings (SSSR count). The Labute approximate surface area is 83.7 Å². The summed E-state index contributed by atoms with van der Waals surface area (Å²) in [4.78, 5) is 10.6. The summed E-state index contributed by atoms with van der Waals surface area (Å²) in [6.45, 7) is 2.47. The molecule has 0 spiro atoms. The molecule has 1 atom stereocenters. The van der Waals surface area contributed by atoms with E-state index >= 15 is 0 Å². The van der Waals surface area contributed by atoms with Gasteiger partial charge >= 0.3 is 5.97 Å². The van der Waals surface area contributed by atoms with Gasteiger partial charge in [0.05, 0.1) is 16.4 Å². The molecular formula is C7H10BrN3O2. The first-order valence-corrected chi connectivity index (χ1v) is 4.56. The van der Waals surface area contributed by atoms with Crippen molar-refractivity contribution in [1.82, 2.24) is 9.78 Å². The molecule has 0 aliphatic carbocycles. The molecule has 0 saturated heterocycles. The summed E-state index contributed by atoms with van der Waals surface area (Å²) in [5.41, 5.74) is 5.96. The number of carboxylic acid groups (broad SMARTS) is 1. The number of aromatic nitrogens is 2. The van der Waals surface area contributed by atoms with Crippen LogP contribution in [-0.4, -0.2) is 20.9 Å². The number of nitrogens with zero attached hydrogens (tertiary/aromatic N) is 2. The van der Waals surface area contributed by atoms with Gasteiger partial charge in [0.15, 0.2) is 0 Å². The molecule has 0 bridgehead atoms. The van der Waals surface area contributed by atoms with Gasteiger partial charge in [0.25, 0.3) is 0 Å². The van der Waals surface area contributed by atoms with Crippen LogP contribution in [0.4, 0.5) is 0 Å². The molecule has 3 N–H and O–H groups in total. The van der Waals surface area contributed by atoms with Gasteiger partial charge < -0.3 is 10.8 Å². The van der Waals surface area contributed by atoms with Crippen molar-refractivity contribution < 1.29 is 9.90 Å². The van der Waals surface area contributed by atoms with E-state index in [2.05, 4.69) is 21.0 Å². The van der Waals surface area contributed by atoms with Crippen molar-refractivity contribution in [3.05, 3.63) is 16.4 Å². The SMILES string of the molecule is CCn1ncc(Br)c1C(N)C(=O)O. The van der Waals surface area contributed by atoms with Gasteiger partial charge in [0.1, 0.15) is 6.04 Å². The second-order valence-electron chi connectivity index (χ2n) is 2.51. The average molecular weight is 248 g/mol. The molecule has 0 aromatic carbocycles. The largest absolute Gasteiger partial charge is 0.480 e. The Hall–Kier alpha value is -0.880. The second kappa shape index (κ2) is 3.89. The molecule has 5 nitrogen and oxygen atoms in total. The molecular weight excluding hydrogens is 238 g/mol. The molecule has 6 heteroatoms. The minimum Gasteiger partial charge on any atom is -0.480 e. The zero-order valence-corrected chi connectivity index (χ0v) is 8.65. The van der Waals surface area contributed by atoms with Gasteiger partial charge in [-0.1, -0.05) is 0 Å². The molecule has 0 aliphatic heterocycles. The Kier molecular flexibility index (Phi) is 3.05. The van der Waals surface area contributed by atoms with Gasteiger partial charge in [-0.3, -0.25) is 9.48 Å². The maximum absolute atomic E-state index is 10.6. The van der Waals surface area contributed by atoms with E-state index in [1.165, 1.54) is 0 Å². The minimum absolute atomic E-state index is 0.495. The Morgan fingerprint density at radius 1 is 1.92 bits per heavy atom. The van der Waals surface area contributed by atoms with Crippen molar-refractivity contribution in [2.24, 2.45) is 5.73 Å². The van der Waals surface area contributed by atoms with Gasteiger partial charge in [-0.2, -0.15) is 5.10 Å². The van der Waals surface area contributed by atoms with E-state index in [1.807, 2.05) is 6.92 Å². The fourth-order valence-electron chi connectivity index (χ4n) is 1.05. The van der Waals surface area contributed by atoms with Gasteiger partial charge in [-0.15, -0.1) is 0 Å². The normalized spacial score (nSPS) is 12.8. The highest BCUT2D eigenvalue weighted by atomic mass is 79.9. The van der Waals surface area contributed by atoms with Gasteiger partial charge in [0, 0.05) is 6.54 Å². The summed E-state index contributed by atoms with van der Waals surface area (Å²) in [7, 11) is 0. The quantitative estimate of drug-likeness (QED) is 0.826. The monoisotopic (exact) mass is 247 g/mol. The highest BCUT2D eigenvalue weighted by molar-refractivity contribution is 9.10. The van der Waals surface area contributed by atoms with Crippen LogP contribution in [-0.2, 0) is 11.3 Å². The van der Waals surface area contributed by atoms with Crippen LogP contribution in [0.3, 0.4) is 0 Å². The number of hydrogen-bond donors (Lipinski definition) is 2. The molecule has 0 saturated carbocycles. The third kappa shape index (κ3) is 1.89. The fraction of sp³-hybridized carbons (Fsp3) is 0.429. The number of nitrogens with two attached hydrogens (primary N) is 1. The van der Waals surface area contributed by atoms with E-state index < -0.39 is 12.0 Å². The van der Waals surface area contributed by atoms with Crippen LogP contribution in [0.5, 0.6) is 0 Å². The van der Waals surface area contributed by atoms with Crippen molar-refractivity contribution in [1.29, 1.82) is 0 Å². The first-order valence-electron chi connectivity index (χ1n) is 3.77. The standard InChI is InChI=1S/C7H10BrN3O2/c1-2-11-6(4(8)3-10-11)5(9)7(12)13/h3,5H,2,9H2,1H3,(H,12,13). The summed E-state index contributed by atoms with van der Waals surface area (Å²) in [5.74, 6) is -1.06. The molecule has 1 unspecified atom stereocenters. The number of aliphatic carboxylic acids is 1. The molecule has 1 aromatic heterocycles. The number of carbonyl (C=O) groups is 1. The lowest BCUT2D eigenvalue weighted by molar-refractivity contribution is -0.138. The van der Waals surface area contributed by atoms with Crippen molar-refractivity contribution in [3.63, 3.8) is 0 Å². The number of carboxylic acids is 1.